The molecule has 5 N–H and O–H groups in total. The lowest BCUT2D eigenvalue weighted by Crippen LogP contribution is -2.54. The third-order valence-corrected chi connectivity index (χ3v) is 11.8. The van der Waals surface area contributed by atoms with E-state index in [0.29, 0.717) is 48.6 Å². The highest BCUT2D eigenvalue weighted by atomic mass is 32.1. The Morgan fingerprint density at radius 1 is 0.873 bits per heavy atom. The molecule has 1 saturated heterocycles. The van der Waals surface area contributed by atoms with Gasteiger partial charge >= 0.3 is 6.03 Å². The molecule has 0 aliphatic carbocycles. The van der Waals surface area contributed by atoms with Gasteiger partial charge in [-0.1, -0.05) is 67.8 Å². The first-order valence-electron chi connectivity index (χ1n) is 21.1. The molecule has 1 fully saturated rings. The molecule has 63 heavy (non-hydrogen) atoms. The van der Waals surface area contributed by atoms with Gasteiger partial charge in [0.05, 0.1) is 34.9 Å². The van der Waals surface area contributed by atoms with E-state index < -0.39 is 35.2 Å². The Morgan fingerprint density at radius 3 is 2.29 bits per heavy atom. The number of nitrogens with one attached hydrogen (secondary N) is 5. The molecule has 3 aromatic carbocycles. The number of likely N-dealkylation sites (N-methyl/N-ethyl adjacent to an activating group) is 1. The maximum atomic E-state index is 13.7. The number of imide groups is 2. The molecule has 1 aromatic heterocycles. The summed E-state index contributed by atoms with van der Waals surface area (Å²) < 4.78 is 0. The predicted molar refractivity (Wildman–Crippen MR) is 242 cm³/mol. The number of H-pyrrole nitrogens is 1. The molecule has 7 amide bonds. The fourth-order valence-electron chi connectivity index (χ4n) is 8.41. The van der Waals surface area contributed by atoms with E-state index in [1.54, 1.807) is 47.4 Å². The fourth-order valence-corrected chi connectivity index (χ4v) is 8.41. The van der Waals surface area contributed by atoms with Crippen LogP contribution in [0.1, 0.15) is 130 Å². The summed E-state index contributed by atoms with van der Waals surface area (Å²) in [4.78, 5) is 95.2. The molecule has 1 unspecified atom stereocenters. The molecule has 16 nitrogen and oxygen atoms in total. The second-order valence-corrected chi connectivity index (χ2v) is 16.8. The number of Topliss-reactive ketones (excluding diaryl/α,β-unsaturated/α-hetero) is 1. The van der Waals surface area contributed by atoms with Crippen molar-refractivity contribution < 1.29 is 33.6 Å². The maximum Gasteiger partial charge on any atom is 0.319 e. The zero-order chi connectivity index (χ0) is 44.1. The third kappa shape index (κ3) is 9.99. The van der Waals surface area contributed by atoms with Gasteiger partial charge in [0.1, 0.15) is 6.04 Å². The molecule has 4 heterocycles. The SMILES string of the molecule is CN(C)C[C@@H](NC(=O)N1Cc2c(NC(=O)c3ccc(C(=O)CCCCCCCNc4cccc5c4C(=O)N(C4CCC(=O)NC4=O)C5=O)cc3)n[nH]c2C1(C)C)c1ccccc1.S. The van der Waals surface area contributed by atoms with Gasteiger partial charge in [0.25, 0.3) is 17.7 Å². The van der Waals surface area contributed by atoms with Crippen molar-refractivity contribution in [3.63, 3.8) is 0 Å². The van der Waals surface area contributed by atoms with Crippen LogP contribution < -0.4 is 21.3 Å². The number of piperidine rings is 1. The predicted octanol–water partition coefficient (Wildman–Crippen LogP) is 5.87. The fraction of sp³-hybridized carbons (Fsp3) is 0.391. The number of aromatic amines is 1. The molecule has 2 atom stereocenters. The third-order valence-electron chi connectivity index (χ3n) is 11.8. The molecule has 0 radical (unpaired) electrons. The summed E-state index contributed by atoms with van der Waals surface area (Å²) >= 11 is 0. The van der Waals surface area contributed by atoms with Gasteiger partial charge in [0.15, 0.2) is 11.6 Å². The van der Waals surface area contributed by atoms with Crippen LogP contribution in [0.2, 0.25) is 0 Å². The van der Waals surface area contributed by atoms with Crippen LogP contribution in [0.25, 0.3) is 0 Å². The summed E-state index contributed by atoms with van der Waals surface area (Å²) in [5, 5.41) is 19.0. The van der Waals surface area contributed by atoms with Crippen molar-refractivity contribution in [3.8, 4) is 0 Å². The van der Waals surface area contributed by atoms with Gasteiger partial charge in [-0.25, -0.2) is 4.79 Å². The van der Waals surface area contributed by atoms with Crippen molar-refractivity contribution in [2.45, 2.75) is 89.4 Å². The van der Waals surface area contributed by atoms with Crippen LogP contribution in [0.15, 0.2) is 72.8 Å². The molecule has 7 rings (SSSR count). The summed E-state index contributed by atoms with van der Waals surface area (Å²) in [5.41, 5.74) is 3.67. The van der Waals surface area contributed by atoms with Gasteiger partial charge in [-0.05, 0) is 77.0 Å². The number of ketones is 1. The number of amides is 7. The minimum atomic E-state index is -1.02. The first-order chi connectivity index (χ1) is 29.7. The Morgan fingerprint density at radius 2 is 1.57 bits per heavy atom. The largest absolute Gasteiger partial charge is 0.384 e. The van der Waals surface area contributed by atoms with Crippen molar-refractivity contribution >= 4 is 66.4 Å². The van der Waals surface area contributed by atoms with Crippen molar-refractivity contribution in [2.75, 3.05) is 37.8 Å². The van der Waals surface area contributed by atoms with E-state index in [2.05, 4.69) is 31.5 Å². The van der Waals surface area contributed by atoms with Crippen LogP contribution in [0.5, 0.6) is 0 Å². The highest BCUT2D eigenvalue weighted by Crippen LogP contribution is 2.41. The number of hydrogen-bond donors (Lipinski definition) is 5. The number of benzene rings is 3. The number of carbonyl (C=O) groups is 7. The summed E-state index contributed by atoms with van der Waals surface area (Å²) in [6.07, 6.45) is 4.71. The van der Waals surface area contributed by atoms with E-state index in [9.17, 15) is 33.6 Å². The highest BCUT2D eigenvalue weighted by molar-refractivity contribution is 7.59. The maximum absolute atomic E-state index is 13.7. The number of urea groups is 1. The number of rotatable bonds is 17. The molecule has 4 aromatic rings. The molecule has 3 aliphatic rings. The summed E-state index contributed by atoms with van der Waals surface area (Å²) in [7, 11) is 3.93. The molecular formula is C46H55N9O7S. The lowest BCUT2D eigenvalue weighted by Gasteiger charge is -2.34. The Balaban J connectivity index is 0.00000661. The zero-order valence-electron chi connectivity index (χ0n) is 36.0. The number of aromatic nitrogens is 2. The average Bonchev–Trinajstić information content (AvgIpc) is 3.86. The number of nitrogens with zero attached hydrogens (tertiary/aromatic N) is 4. The van der Waals surface area contributed by atoms with Crippen LogP contribution in [0.4, 0.5) is 16.3 Å². The van der Waals surface area contributed by atoms with E-state index in [0.717, 1.165) is 47.4 Å². The number of hydrogen-bond acceptors (Lipinski definition) is 10. The second-order valence-electron chi connectivity index (χ2n) is 16.8. The smallest absolute Gasteiger partial charge is 0.319 e. The Hall–Kier alpha value is -6.33. The second kappa shape index (κ2) is 19.8. The van der Waals surface area contributed by atoms with Crippen molar-refractivity contribution in [2.24, 2.45) is 0 Å². The van der Waals surface area contributed by atoms with Gasteiger partial charge in [-0.3, -0.25) is 44.1 Å². The van der Waals surface area contributed by atoms with Crippen molar-refractivity contribution in [3.05, 3.63) is 112 Å². The minimum absolute atomic E-state index is 0. The quantitative estimate of drug-likeness (QED) is 0.0484. The minimum Gasteiger partial charge on any atom is -0.384 e. The average molecular weight is 878 g/mol. The van der Waals surface area contributed by atoms with E-state index >= 15 is 0 Å². The van der Waals surface area contributed by atoms with E-state index in [1.165, 1.54) is 0 Å². The molecule has 0 bridgehead atoms. The monoisotopic (exact) mass is 877 g/mol. The van der Waals surface area contributed by atoms with Crippen LogP contribution in [0, 0.1) is 0 Å². The van der Waals surface area contributed by atoms with Crippen molar-refractivity contribution in [1.82, 2.24) is 35.5 Å². The van der Waals surface area contributed by atoms with Crippen LogP contribution in [0.3, 0.4) is 0 Å². The van der Waals surface area contributed by atoms with Gasteiger partial charge in [-0.2, -0.15) is 18.6 Å². The summed E-state index contributed by atoms with van der Waals surface area (Å²) in [6.45, 7) is 5.32. The molecule has 0 spiro atoms. The van der Waals surface area contributed by atoms with Crippen LogP contribution in [-0.4, -0.2) is 99.5 Å². The standard InChI is InChI=1S/C46H53N9O7.H2S/c1-46(2)39-32(26-54(46)45(62)48-34(27-53(3)4)28-14-9-8-10-15-28)40(52-51-39)50-41(58)30-21-19-29(20-22-30)36(56)18-11-6-5-7-12-25-47-33-17-13-16-31-38(33)44(61)55(43(31)60)35-23-24-37(57)49-42(35)59;/h8-10,13-17,19-22,34-35,47H,5-7,11-12,18,23-27H2,1-4H3,(H,48,62)(H,49,57,59)(H2,50,51,52,58);1H2/t34-,35?;/m1./s1. The Kier molecular flexibility index (Phi) is 14.5. The Bertz CT molecular complexity index is 2380. The lowest BCUT2D eigenvalue weighted by molar-refractivity contribution is -0.136. The number of carbonyl (C=O) groups excluding carboxylic acids is 7. The number of anilines is 2. The van der Waals surface area contributed by atoms with E-state index in [-0.39, 0.29) is 67.8 Å². The molecule has 0 saturated carbocycles. The first kappa shape index (κ1) is 46.2. The molecule has 3 aliphatic heterocycles. The van der Waals surface area contributed by atoms with Crippen molar-refractivity contribution in [1.29, 1.82) is 0 Å². The van der Waals surface area contributed by atoms with E-state index in [1.807, 2.05) is 63.2 Å². The highest BCUT2D eigenvalue weighted by Gasteiger charge is 2.46. The first-order valence-corrected chi connectivity index (χ1v) is 21.1. The number of unbranched alkanes of at least 4 members (excludes halogenated alkanes) is 4. The molecular weight excluding hydrogens is 823 g/mol. The van der Waals surface area contributed by atoms with E-state index in [4.69, 9.17) is 0 Å². The molecule has 332 valence electrons. The van der Waals surface area contributed by atoms with Gasteiger partial charge in [0, 0.05) is 48.3 Å². The molecule has 17 heteroatoms. The normalized spacial score (nSPS) is 16.9. The van der Waals surface area contributed by atoms with Gasteiger partial charge in [0.2, 0.25) is 11.8 Å². The Labute approximate surface area is 373 Å². The van der Waals surface area contributed by atoms with Crippen LogP contribution >= 0.6 is 13.5 Å². The summed E-state index contributed by atoms with van der Waals surface area (Å²) in [5.74, 6) is -2.18. The lowest BCUT2D eigenvalue weighted by atomic mass is 10.0. The topological polar surface area (TPSA) is 206 Å². The van der Waals surface area contributed by atoms with Gasteiger partial charge in [-0.15, -0.1) is 0 Å². The van der Waals surface area contributed by atoms with Gasteiger partial charge < -0.3 is 25.8 Å². The summed E-state index contributed by atoms with van der Waals surface area (Å²) in [6, 6.07) is 19.9. The zero-order valence-corrected chi connectivity index (χ0v) is 37.0. The van der Waals surface area contributed by atoms with Crippen LogP contribution in [-0.2, 0) is 21.7 Å². The number of fused-ring (bicyclic) bond motifs is 2.